The first-order valence-corrected chi connectivity index (χ1v) is 5.98. The molecule has 0 amide bonds. The van der Waals surface area contributed by atoms with Crippen molar-refractivity contribution in [2.24, 2.45) is 5.92 Å². The molecule has 1 N–H and O–H groups in total. The van der Waals surface area contributed by atoms with Crippen LogP contribution in [0.2, 0.25) is 0 Å². The first kappa shape index (κ1) is 13.4. The number of aliphatic hydroxyl groups excluding tert-OH is 1. The van der Waals surface area contributed by atoms with Crippen molar-refractivity contribution in [1.29, 1.82) is 0 Å². The van der Waals surface area contributed by atoms with Crippen molar-refractivity contribution in [3.63, 3.8) is 0 Å². The number of halogens is 3. The minimum Gasteiger partial charge on any atom is -0.388 e. The van der Waals surface area contributed by atoms with Gasteiger partial charge in [0, 0.05) is 24.7 Å². The fourth-order valence-electron chi connectivity index (χ4n) is 2.50. The van der Waals surface area contributed by atoms with Crippen LogP contribution in [0.4, 0.5) is 13.2 Å². The van der Waals surface area contributed by atoms with Gasteiger partial charge in [-0.1, -0.05) is 6.92 Å². The molecule has 0 aromatic heterocycles. The third-order valence-corrected chi connectivity index (χ3v) is 3.41. The highest BCUT2D eigenvalue weighted by Gasteiger charge is 2.36. The molecule has 2 nitrogen and oxygen atoms in total. The Labute approximate surface area is 103 Å². The standard InChI is InChI=1S/C13H15F3O2/c1-2-11-8(3-4-18-11)13(17)12-9(15)5-7(14)6-10(12)16/h5-6,8,11,13,17H,2-4H2,1H3. The second-order valence-electron chi connectivity index (χ2n) is 4.50. The van der Waals surface area contributed by atoms with Crippen LogP contribution in [0.3, 0.4) is 0 Å². The highest BCUT2D eigenvalue weighted by Crippen LogP contribution is 2.36. The van der Waals surface area contributed by atoms with E-state index in [0.717, 1.165) is 0 Å². The molecule has 0 spiro atoms. The Kier molecular flexibility index (Phi) is 3.92. The molecule has 1 fully saturated rings. The normalized spacial score (nSPS) is 25.4. The lowest BCUT2D eigenvalue weighted by atomic mass is 9.88. The lowest BCUT2D eigenvalue weighted by Crippen LogP contribution is -2.23. The molecule has 1 aliphatic heterocycles. The summed E-state index contributed by atoms with van der Waals surface area (Å²) in [6.45, 7) is 2.34. The van der Waals surface area contributed by atoms with Crippen molar-refractivity contribution >= 4 is 0 Å². The maximum absolute atomic E-state index is 13.6. The van der Waals surface area contributed by atoms with Crippen LogP contribution < -0.4 is 0 Å². The van der Waals surface area contributed by atoms with Crippen LogP contribution in [0.15, 0.2) is 12.1 Å². The van der Waals surface area contributed by atoms with E-state index in [1.165, 1.54) is 0 Å². The number of hydrogen-bond acceptors (Lipinski definition) is 2. The van der Waals surface area contributed by atoms with Crippen molar-refractivity contribution in [2.75, 3.05) is 6.61 Å². The lowest BCUT2D eigenvalue weighted by molar-refractivity contribution is 0.0276. The summed E-state index contributed by atoms with van der Waals surface area (Å²) in [4.78, 5) is 0. The molecular formula is C13H15F3O2. The number of benzene rings is 1. The topological polar surface area (TPSA) is 29.5 Å². The largest absolute Gasteiger partial charge is 0.388 e. The second-order valence-corrected chi connectivity index (χ2v) is 4.50. The molecule has 0 aliphatic carbocycles. The summed E-state index contributed by atoms with van der Waals surface area (Å²) in [5.41, 5.74) is -0.467. The predicted molar refractivity (Wildman–Crippen MR) is 59.4 cm³/mol. The molecule has 1 heterocycles. The molecule has 0 bridgehead atoms. The van der Waals surface area contributed by atoms with Gasteiger partial charge in [0.2, 0.25) is 0 Å². The zero-order chi connectivity index (χ0) is 13.3. The van der Waals surface area contributed by atoms with E-state index >= 15 is 0 Å². The number of rotatable bonds is 3. The Morgan fingerprint density at radius 2 is 1.94 bits per heavy atom. The molecule has 18 heavy (non-hydrogen) atoms. The van der Waals surface area contributed by atoms with Gasteiger partial charge in [-0.25, -0.2) is 13.2 Å². The van der Waals surface area contributed by atoms with Crippen LogP contribution in [0, 0.1) is 23.4 Å². The van der Waals surface area contributed by atoms with Gasteiger partial charge in [0.05, 0.1) is 17.8 Å². The molecule has 1 aliphatic rings. The first-order valence-electron chi connectivity index (χ1n) is 5.98. The quantitative estimate of drug-likeness (QED) is 0.905. The van der Waals surface area contributed by atoms with Gasteiger partial charge in [0.15, 0.2) is 0 Å². The van der Waals surface area contributed by atoms with E-state index in [9.17, 15) is 18.3 Å². The summed E-state index contributed by atoms with van der Waals surface area (Å²) >= 11 is 0. The van der Waals surface area contributed by atoms with Gasteiger partial charge < -0.3 is 9.84 Å². The third-order valence-electron chi connectivity index (χ3n) is 3.41. The van der Waals surface area contributed by atoms with E-state index in [4.69, 9.17) is 4.74 Å². The third kappa shape index (κ3) is 2.37. The molecule has 1 aromatic carbocycles. The molecule has 5 heteroatoms. The summed E-state index contributed by atoms with van der Waals surface area (Å²) in [6, 6.07) is 1.16. The van der Waals surface area contributed by atoms with Crippen LogP contribution in [0.1, 0.15) is 31.4 Å². The van der Waals surface area contributed by atoms with Gasteiger partial charge in [0.1, 0.15) is 17.5 Å². The van der Waals surface area contributed by atoms with Crippen molar-refractivity contribution in [2.45, 2.75) is 32.0 Å². The Morgan fingerprint density at radius 1 is 1.33 bits per heavy atom. The van der Waals surface area contributed by atoms with Crippen LogP contribution in [0.25, 0.3) is 0 Å². The Morgan fingerprint density at radius 3 is 2.50 bits per heavy atom. The van der Waals surface area contributed by atoms with Crippen LogP contribution >= 0.6 is 0 Å². The molecule has 100 valence electrons. The highest BCUT2D eigenvalue weighted by atomic mass is 19.1. The Balaban J connectivity index is 2.31. The summed E-state index contributed by atoms with van der Waals surface area (Å²) < 4.78 is 45.3. The fraction of sp³-hybridized carbons (Fsp3) is 0.538. The molecule has 1 aromatic rings. The zero-order valence-corrected chi connectivity index (χ0v) is 10.00. The minimum absolute atomic E-state index is 0.219. The molecule has 3 atom stereocenters. The molecule has 0 radical (unpaired) electrons. The first-order chi connectivity index (χ1) is 8.54. The number of ether oxygens (including phenoxy) is 1. The maximum Gasteiger partial charge on any atom is 0.134 e. The fourth-order valence-corrected chi connectivity index (χ4v) is 2.50. The maximum atomic E-state index is 13.6. The Bertz CT molecular complexity index is 413. The molecule has 3 unspecified atom stereocenters. The molecule has 2 rings (SSSR count). The van der Waals surface area contributed by atoms with E-state index in [1.54, 1.807) is 0 Å². The van der Waals surface area contributed by atoms with E-state index < -0.39 is 29.1 Å². The van der Waals surface area contributed by atoms with Gasteiger partial charge in [-0.05, 0) is 12.8 Å². The zero-order valence-electron chi connectivity index (χ0n) is 10.00. The SMILES string of the molecule is CCC1OCCC1C(O)c1c(F)cc(F)cc1F. The smallest absolute Gasteiger partial charge is 0.134 e. The number of aliphatic hydroxyl groups is 1. The van der Waals surface area contributed by atoms with Crippen molar-refractivity contribution in [1.82, 2.24) is 0 Å². The van der Waals surface area contributed by atoms with Gasteiger partial charge in [-0.3, -0.25) is 0 Å². The van der Waals surface area contributed by atoms with Gasteiger partial charge in [-0.2, -0.15) is 0 Å². The molecule has 0 saturated carbocycles. The average molecular weight is 260 g/mol. The minimum atomic E-state index is -1.31. The summed E-state index contributed by atoms with van der Waals surface area (Å²) in [5.74, 6) is -3.45. The monoisotopic (exact) mass is 260 g/mol. The van der Waals surface area contributed by atoms with E-state index in [0.29, 0.717) is 31.6 Å². The molecular weight excluding hydrogens is 245 g/mol. The van der Waals surface area contributed by atoms with Gasteiger partial charge in [-0.15, -0.1) is 0 Å². The average Bonchev–Trinajstić information content (AvgIpc) is 2.75. The summed E-state index contributed by atoms with van der Waals surface area (Å²) in [7, 11) is 0. The van der Waals surface area contributed by atoms with E-state index in [1.807, 2.05) is 6.92 Å². The Hall–Kier alpha value is -1.07. The van der Waals surface area contributed by atoms with Crippen molar-refractivity contribution < 1.29 is 23.0 Å². The van der Waals surface area contributed by atoms with Crippen LogP contribution in [-0.4, -0.2) is 17.8 Å². The highest BCUT2D eigenvalue weighted by molar-refractivity contribution is 5.24. The van der Waals surface area contributed by atoms with Crippen molar-refractivity contribution in [3.05, 3.63) is 35.1 Å². The van der Waals surface area contributed by atoms with E-state index in [2.05, 4.69) is 0 Å². The lowest BCUT2D eigenvalue weighted by Gasteiger charge is -2.23. The summed E-state index contributed by atoms with van der Waals surface area (Å²) in [6.07, 6.45) is -0.329. The predicted octanol–water partition coefficient (Wildman–Crippen LogP) is 2.95. The van der Waals surface area contributed by atoms with Crippen LogP contribution in [-0.2, 0) is 4.74 Å². The van der Waals surface area contributed by atoms with Crippen LogP contribution in [0.5, 0.6) is 0 Å². The summed E-state index contributed by atoms with van der Waals surface area (Å²) in [5, 5.41) is 10.1. The number of hydrogen-bond donors (Lipinski definition) is 1. The second kappa shape index (κ2) is 5.28. The van der Waals surface area contributed by atoms with Gasteiger partial charge >= 0.3 is 0 Å². The molecule has 1 saturated heterocycles. The van der Waals surface area contributed by atoms with E-state index in [-0.39, 0.29) is 12.0 Å². The van der Waals surface area contributed by atoms with Crippen molar-refractivity contribution in [3.8, 4) is 0 Å². The van der Waals surface area contributed by atoms with Gasteiger partial charge in [0.25, 0.3) is 0 Å².